The quantitative estimate of drug-likeness (QED) is 0.115. The van der Waals surface area contributed by atoms with E-state index < -0.39 is 7.12 Å². The standard InChI is InChI=1S/C15H22BN6.C13H19N3.2C4H8O.Y/c1-10-7-13(4)20(17-10)16(21-14(5)8-11(2)18-21)22-15(6)9-12(3)19-22;1-10(2)14-13(15-11(3)4)16-12-8-6-5-7-9-12;2*1-2-4-5-3-1;/h7-9,16H,1-6H3;5-11H,1-4H3;2*1-4H2;/q-1;-2;;;+3. The summed E-state index contributed by atoms with van der Waals surface area (Å²) in [6.07, 6.45) is 5.11. The maximum absolute atomic E-state index is 4.94. The molecule has 3 aromatic heterocycles. The third kappa shape index (κ3) is 14.9. The fraction of sp³-hybridized carbons (Fsp3) is 0.556. The van der Waals surface area contributed by atoms with E-state index in [1.807, 2.05) is 78.8 Å². The summed E-state index contributed by atoms with van der Waals surface area (Å²) in [5.41, 5.74) is 7.30. The fourth-order valence-corrected chi connectivity index (χ4v) is 5.46. The number of aliphatic imine (C=N–C) groups is 1. The number of hydrogen-bond acceptors (Lipinski definition) is 6. The van der Waals surface area contributed by atoms with Crippen molar-refractivity contribution in [3.05, 3.63) is 93.3 Å². The van der Waals surface area contributed by atoms with Gasteiger partial charge in [-0.3, -0.25) is 0 Å². The Kier molecular flexibility index (Phi) is 19.1. The van der Waals surface area contributed by atoms with Crippen LogP contribution in [0.4, 0.5) is 5.69 Å². The van der Waals surface area contributed by atoms with Crippen LogP contribution in [0.1, 0.15) is 87.5 Å². The van der Waals surface area contributed by atoms with Crippen molar-refractivity contribution in [1.82, 2.24) is 29.1 Å². The van der Waals surface area contributed by atoms with Gasteiger partial charge >= 0.3 is 39.8 Å². The summed E-state index contributed by atoms with van der Waals surface area (Å²) in [5, 5.41) is 22.9. The molecule has 2 saturated heterocycles. The number of guanidine groups is 1. The molecule has 11 nitrogen and oxygen atoms in total. The van der Waals surface area contributed by atoms with E-state index in [1.54, 1.807) is 0 Å². The van der Waals surface area contributed by atoms with Crippen molar-refractivity contribution >= 4 is 18.8 Å². The van der Waals surface area contributed by atoms with Crippen LogP contribution in [-0.4, -0.2) is 80.7 Å². The van der Waals surface area contributed by atoms with E-state index in [0.29, 0.717) is 5.96 Å². The Hall–Kier alpha value is -2.79. The summed E-state index contributed by atoms with van der Waals surface area (Å²) in [7, 11) is -1.26. The molecule has 0 atom stereocenters. The summed E-state index contributed by atoms with van der Waals surface area (Å²) >= 11 is 0. The van der Waals surface area contributed by atoms with Crippen molar-refractivity contribution in [2.75, 3.05) is 26.4 Å². The molecule has 2 aliphatic heterocycles. The van der Waals surface area contributed by atoms with Gasteiger partial charge in [0, 0.05) is 26.4 Å². The number of hydrogen-bond donors (Lipinski definition) is 0. The molecule has 2 aliphatic rings. The molecule has 264 valence electrons. The van der Waals surface area contributed by atoms with Gasteiger partial charge in [-0.2, -0.15) is 5.96 Å². The molecule has 0 amide bonds. The van der Waals surface area contributed by atoms with Gasteiger partial charge in [0.1, 0.15) is 0 Å². The molecule has 0 saturated carbocycles. The molecular formula is C36H57BN9O2Y. The van der Waals surface area contributed by atoms with Crippen molar-refractivity contribution in [3.8, 4) is 0 Å². The summed E-state index contributed by atoms with van der Waals surface area (Å²) in [4.78, 5) is 4.40. The minimum atomic E-state index is -1.26. The Bertz CT molecular complexity index is 1390. The summed E-state index contributed by atoms with van der Waals surface area (Å²) < 4.78 is 16.1. The third-order valence-corrected chi connectivity index (χ3v) is 7.50. The number of nitrogens with zero attached hydrogens (tertiary/aromatic N) is 9. The van der Waals surface area contributed by atoms with Crippen LogP contribution in [0.15, 0.2) is 53.5 Å². The predicted molar refractivity (Wildman–Crippen MR) is 199 cm³/mol. The van der Waals surface area contributed by atoms with E-state index in [9.17, 15) is 0 Å². The van der Waals surface area contributed by atoms with E-state index >= 15 is 0 Å². The topological polar surface area (TPSA) is 112 Å². The number of rotatable bonds is 6. The average molecular weight is 748 g/mol. The maximum Gasteiger partial charge on any atom is 3.00 e. The van der Waals surface area contributed by atoms with Gasteiger partial charge in [-0.25, -0.2) is 15.3 Å². The van der Waals surface area contributed by atoms with Gasteiger partial charge in [-0.05, 0) is 103 Å². The van der Waals surface area contributed by atoms with Gasteiger partial charge in [-0.1, -0.05) is 75.8 Å². The summed E-state index contributed by atoms with van der Waals surface area (Å²) in [5.74, 6) is 0.580. The Morgan fingerprint density at radius 1 is 0.673 bits per heavy atom. The first-order valence-corrected chi connectivity index (χ1v) is 17.4. The first-order chi connectivity index (χ1) is 22.9. The predicted octanol–water partition coefficient (Wildman–Crippen LogP) is 7.62. The van der Waals surface area contributed by atoms with Gasteiger partial charge in [-0.15, -0.1) is 0 Å². The second kappa shape index (κ2) is 22.1. The largest absolute Gasteiger partial charge is 3.00 e. The average Bonchev–Trinajstić information content (AvgIpc) is 3.86. The van der Waals surface area contributed by atoms with Gasteiger partial charge in [0.2, 0.25) is 0 Å². The van der Waals surface area contributed by atoms with E-state index in [4.69, 9.17) is 24.8 Å². The summed E-state index contributed by atoms with van der Waals surface area (Å²) in [6, 6.07) is 16.5. The van der Waals surface area contributed by atoms with Crippen LogP contribution >= 0.6 is 0 Å². The van der Waals surface area contributed by atoms with Crippen molar-refractivity contribution in [3.63, 3.8) is 0 Å². The molecule has 6 rings (SSSR count). The number of ether oxygens (including phenoxy) is 2. The Labute approximate surface area is 320 Å². The molecule has 49 heavy (non-hydrogen) atoms. The second-order valence-corrected chi connectivity index (χ2v) is 13.0. The molecule has 0 N–H and O–H groups in total. The zero-order valence-electron chi connectivity index (χ0n) is 31.6. The van der Waals surface area contributed by atoms with Crippen LogP contribution in [0.3, 0.4) is 0 Å². The summed E-state index contributed by atoms with van der Waals surface area (Å²) in [6.45, 7) is 24.4. The van der Waals surface area contributed by atoms with Crippen LogP contribution in [0.5, 0.6) is 0 Å². The number of aromatic nitrogens is 6. The molecule has 4 aromatic rings. The molecule has 0 radical (unpaired) electrons. The molecule has 0 unspecified atom stereocenters. The van der Waals surface area contributed by atoms with Crippen LogP contribution in [-0.2, 0) is 42.2 Å². The van der Waals surface area contributed by atoms with Gasteiger partial charge in [0.15, 0.2) is 0 Å². The monoisotopic (exact) mass is 747 g/mol. The first-order valence-electron chi connectivity index (χ1n) is 17.4. The minimum absolute atomic E-state index is 0. The zero-order chi connectivity index (χ0) is 35.1. The van der Waals surface area contributed by atoms with Crippen molar-refractivity contribution in [1.29, 1.82) is 0 Å². The van der Waals surface area contributed by atoms with Crippen LogP contribution in [0.25, 0.3) is 10.6 Å². The van der Waals surface area contributed by atoms with Crippen LogP contribution in [0, 0.1) is 41.5 Å². The third-order valence-electron chi connectivity index (χ3n) is 7.50. The van der Waals surface area contributed by atoms with E-state index in [2.05, 4.69) is 68.4 Å². The Morgan fingerprint density at radius 3 is 1.33 bits per heavy atom. The first kappa shape index (κ1) is 42.4. The fourth-order valence-electron chi connectivity index (χ4n) is 5.46. The maximum atomic E-state index is 4.94. The number of benzene rings is 1. The van der Waals surface area contributed by atoms with Gasteiger partial charge < -0.3 is 38.9 Å². The SMILES string of the molecule is C1CCOC1.C1CCOC1.CC(C)N=C([N-]c1ccccc1)[N-]C(C)C.Cc1cc(C)n([BH-](n2nc(C)cc2C)n2nc(C)cc2C)n1.[Y+3]. The molecule has 13 heteroatoms. The zero-order valence-corrected chi connectivity index (χ0v) is 34.4. The molecule has 0 aliphatic carbocycles. The van der Waals surface area contributed by atoms with Crippen molar-refractivity contribution in [2.45, 2.75) is 107 Å². The van der Waals surface area contributed by atoms with Crippen molar-refractivity contribution in [2.24, 2.45) is 4.99 Å². The molecule has 2 fully saturated rings. The van der Waals surface area contributed by atoms with E-state index in [1.165, 1.54) is 25.7 Å². The molecule has 0 spiro atoms. The molecule has 0 bridgehead atoms. The normalized spacial score (nSPS) is 14.0. The van der Waals surface area contributed by atoms with Crippen molar-refractivity contribution < 1.29 is 42.2 Å². The Morgan fingerprint density at radius 2 is 1.06 bits per heavy atom. The van der Waals surface area contributed by atoms with Crippen LogP contribution in [0.2, 0.25) is 0 Å². The Balaban J connectivity index is 0.000000267. The molecule has 5 heterocycles. The van der Waals surface area contributed by atoms with Gasteiger partial charge in [0.05, 0.1) is 17.1 Å². The van der Waals surface area contributed by atoms with E-state index in [-0.39, 0.29) is 44.8 Å². The van der Waals surface area contributed by atoms with Gasteiger partial charge in [0.25, 0.3) is 0 Å². The smallest absolute Gasteiger partial charge is 0.550 e. The molecular weight excluding hydrogens is 690 g/mol. The number of para-hydroxylation sites is 1. The number of aryl methyl sites for hydroxylation is 6. The van der Waals surface area contributed by atoms with Crippen LogP contribution < -0.4 is 0 Å². The molecule has 1 aromatic carbocycles. The second-order valence-electron chi connectivity index (χ2n) is 13.0. The minimum Gasteiger partial charge on any atom is -0.550 e. The van der Waals surface area contributed by atoms with E-state index in [0.717, 1.165) is 66.3 Å².